The molecule has 1 N–H and O–H groups in total. The Morgan fingerprint density at radius 2 is 1.64 bits per heavy atom. The fourth-order valence-corrected chi connectivity index (χ4v) is 5.13. The van der Waals surface area contributed by atoms with Crippen molar-refractivity contribution in [2.24, 2.45) is 0 Å². The molecule has 1 amide bonds. The fraction of sp³-hybridized carbons (Fsp3) is 0.185. The number of carbonyl (C=O) groups is 1. The Hall–Kier alpha value is -4.11. The largest absolute Gasteiger partial charge is 0.497 e. The maximum Gasteiger partial charge on any atom is 0.264 e. The smallest absolute Gasteiger partial charge is 0.264 e. The Balaban J connectivity index is 1.50. The number of hydrogen-bond acceptors (Lipinski definition) is 5. The van der Waals surface area contributed by atoms with E-state index in [-0.39, 0.29) is 18.0 Å². The van der Waals surface area contributed by atoms with Crippen molar-refractivity contribution in [1.82, 2.24) is 14.9 Å². The standard InChI is InChI=1S/C27H28N4O4S/c1-20-4-14-26(15-5-20)36(33,34)31(24-10-12-25(35-3)13-11-24)19-27(32)29-18-22-6-8-23(9-7-22)30-17-16-28-21(30)2/h4-17H,18-19H2,1-3H3,(H,29,32). The normalized spacial score (nSPS) is 11.2. The van der Waals surface area contributed by atoms with Crippen LogP contribution in [0.5, 0.6) is 5.75 Å². The number of anilines is 1. The summed E-state index contributed by atoms with van der Waals surface area (Å²) < 4.78 is 35.2. The van der Waals surface area contributed by atoms with Gasteiger partial charge in [0.05, 0.1) is 17.7 Å². The molecule has 0 aliphatic carbocycles. The molecule has 3 aromatic carbocycles. The molecular weight excluding hydrogens is 476 g/mol. The maximum absolute atomic E-state index is 13.5. The molecule has 8 nitrogen and oxygen atoms in total. The molecule has 9 heteroatoms. The van der Waals surface area contributed by atoms with E-state index in [2.05, 4.69) is 10.3 Å². The zero-order chi connectivity index (χ0) is 25.7. The van der Waals surface area contributed by atoms with Gasteiger partial charge in [-0.05, 0) is 67.9 Å². The predicted molar refractivity (Wildman–Crippen MR) is 139 cm³/mol. The fourth-order valence-electron chi connectivity index (χ4n) is 3.71. The molecule has 0 saturated carbocycles. The molecule has 186 valence electrons. The lowest BCUT2D eigenvalue weighted by molar-refractivity contribution is -0.119. The van der Waals surface area contributed by atoms with Crippen molar-refractivity contribution in [2.75, 3.05) is 18.0 Å². The van der Waals surface area contributed by atoms with Crippen LogP contribution in [0.25, 0.3) is 5.69 Å². The number of benzene rings is 3. The van der Waals surface area contributed by atoms with Gasteiger partial charge in [-0.15, -0.1) is 0 Å². The summed E-state index contributed by atoms with van der Waals surface area (Å²) in [7, 11) is -2.45. The van der Waals surface area contributed by atoms with Crippen molar-refractivity contribution in [1.29, 1.82) is 0 Å². The number of sulfonamides is 1. The molecule has 0 spiro atoms. The van der Waals surface area contributed by atoms with Crippen LogP contribution in [-0.4, -0.2) is 37.5 Å². The van der Waals surface area contributed by atoms with E-state index in [4.69, 9.17) is 4.74 Å². The van der Waals surface area contributed by atoms with Crippen LogP contribution >= 0.6 is 0 Å². The van der Waals surface area contributed by atoms with Crippen molar-refractivity contribution in [2.45, 2.75) is 25.3 Å². The first-order valence-electron chi connectivity index (χ1n) is 11.4. The highest BCUT2D eigenvalue weighted by atomic mass is 32.2. The molecule has 0 aliphatic rings. The van der Waals surface area contributed by atoms with Crippen molar-refractivity contribution < 1.29 is 17.9 Å². The van der Waals surface area contributed by atoms with Crippen LogP contribution < -0.4 is 14.4 Å². The van der Waals surface area contributed by atoms with Crippen LogP contribution in [0.4, 0.5) is 5.69 Å². The van der Waals surface area contributed by atoms with E-state index in [0.717, 1.165) is 26.9 Å². The lowest BCUT2D eigenvalue weighted by Gasteiger charge is -2.24. The molecule has 0 unspecified atom stereocenters. The van der Waals surface area contributed by atoms with Gasteiger partial charge in [0, 0.05) is 24.6 Å². The number of imidazole rings is 1. The number of rotatable bonds is 9. The Morgan fingerprint density at radius 1 is 0.972 bits per heavy atom. The first-order chi connectivity index (χ1) is 17.3. The highest BCUT2D eigenvalue weighted by molar-refractivity contribution is 7.92. The van der Waals surface area contributed by atoms with Crippen LogP contribution in [0, 0.1) is 13.8 Å². The number of nitrogens with one attached hydrogen (secondary N) is 1. The quantitative estimate of drug-likeness (QED) is 0.372. The van der Waals surface area contributed by atoms with Crippen LogP contribution in [0.15, 0.2) is 90.1 Å². The van der Waals surface area contributed by atoms with Crippen LogP contribution in [0.3, 0.4) is 0 Å². The van der Waals surface area contributed by atoms with Gasteiger partial charge in [0.1, 0.15) is 18.1 Å². The van der Waals surface area contributed by atoms with Gasteiger partial charge in [-0.25, -0.2) is 13.4 Å². The zero-order valence-corrected chi connectivity index (χ0v) is 21.2. The van der Waals surface area contributed by atoms with E-state index in [0.29, 0.717) is 11.4 Å². The molecule has 0 radical (unpaired) electrons. The molecule has 0 saturated heterocycles. The third-order valence-corrected chi connectivity index (χ3v) is 7.57. The van der Waals surface area contributed by atoms with Gasteiger partial charge in [0.15, 0.2) is 0 Å². The van der Waals surface area contributed by atoms with Crippen LogP contribution in [0.1, 0.15) is 17.0 Å². The summed E-state index contributed by atoms with van der Waals surface area (Å²) >= 11 is 0. The Kier molecular flexibility index (Phi) is 7.40. The Bertz CT molecular complexity index is 1430. The minimum atomic E-state index is -3.98. The SMILES string of the molecule is COc1ccc(N(CC(=O)NCc2ccc(-n3ccnc3C)cc2)S(=O)(=O)c2ccc(C)cc2)cc1. The number of ether oxygens (including phenoxy) is 1. The summed E-state index contributed by atoms with van der Waals surface area (Å²) in [5, 5.41) is 2.83. The number of nitrogens with zero attached hydrogens (tertiary/aromatic N) is 3. The third-order valence-electron chi connectivity index (χ3n) is 5.79. The van der Waals surface area contributed by atoms with Gasteiger partial charge in [-0.2, -0.15) is 0 Å². The van der Waals surface area contributed by atoms with Gasteiger partial charge in [0.25, 0.3) is 10.0 Å². The summed E-state index contributed by atoms with van der Waals surface area (Å²) in [6, 6.07) is 20.8. The number of methoxy groups -OCH3 is 1. The number of amides is 1. The van der Waals surface area contributed by atoms with Crippen molar-refractivity contribution in [3.8, 4) is 11.4 Å². The molecule has 0 atom stereocenters. The molecule has 1 heterocycles. The predicted octanol–water partition coefficient (Wildman–Crippen LogP) is 4.01. The van der Waals surface area contributed by atoms with Gasteiger partial charge in [-0.3, -0.25) is 9.10 Å². The van der Waals surface area contributed by atoms with Crippen LogP contribution in [0.2, 0.25) is 0 Å². The summed E-state index contributed by atoms with van der Waals surface area (Å²) in [4.78, 5) is 17.2. The van der Waals surface area contributed by atoms with Crippen molar-refractivity contribution in [3.05, 3.63) is 102 Å². The molecular formula is C27H28N4O4S. The highest BCUT2D eigenvalue weighted by Gasteiger charge is 2.27. The van der Waals surface area contributed by atoms with E-state index in [1.807, 2.05) is 48.9 Å². The second kappa shape index (κ2) is 10.7. The van der Waals surface area contributed by atoms with E-state index < -0.39 is 15.9 Å². The minimum Gasteiger partial charge on any atom is -0.497 e. The molecule has 0 bridgehead atoms. The minimum absolute atomic E-state index is 0.113. The maximum atomic E-state index is 13.5. The van der Waals surface area contributed by atoms with Gasteiger partial charge < -0.3 is 14.6 Å². The second-order valence-corrected chi connectivity index (χ2v) is 10.2. The number of hydrogen-bond donors (Lipinski definition) is 1. The van der Waals surface area contributed by atoms with E-state index >= 15 is 0 Å². The second-order valence-electron chi connectivity index (χ2n) is 8.31. The van der Waals surface area contributed by atoms with Crippen LogP contribution in [-0.2, 0) is 21.4 Å². The van der Waals surface area contributed by atoms with Gasteiger partial charge in [0.2, 0.25) is 5.91 Å². The molecule has 0 aliphatic heterocycles. The third kappa shape index (κ3) is 5.58. The molecule has 4 aromatic rings. The number of aromatic nitrogens is 2. The van der Waals surface area contributed by atoms with Crippen molar-refractivity contribution in [3.63, 3.8) is 0 Å². The lowest BCUT2D eigenvalue weighted by Crippen LogP contribution is -2.40. The Morgan fingerprint density at radius 3 is 2.22 bits per heavy atom. The summed E-state index contributed by atoms with van der Waals surface area (Å²) in [5.74, 6) is 1.05. The van der Waals surface area contributed by atoms with E-state index in [1.54, 1.807) is 54.7 Å². The van der Waals surface area contributed by atoms with Gasteiger partial charge in [-0.1, -0.05) is 29.8 Å². The van der Waals surface area contributed by atoms with Crippen molar-refractivity contribution >= 4 is 21.6 Å². The van der Waals surface area contributed by atoms with E-state index in [9.17, 15) is 13.2 Å². The topological polar surface area (TPSA) is 93.5 Å². The monoisotopic (exact) mass is 504 g/mol. The summed E-state index contributed by atoms with van der Waals surface area (Å²) in [5.41, 5.74) is 3.17. The Labute approximate surface area is 211 Å². The number of aryl methyl sites for hydroxylation is 2. The average Bonchev–Trinajstić information content (AvgIpc) is 3.32. The molecule has 4 rings (SSSR count). The first kappa shape index (κ1) is 25.0. The zero-order valence-electron chi connectivity index (χ0n) is 20.4. The van der Waals surface area contributed by atoms with Gasteiger partial charge >= 0.3 is 0 Å². The lowest BCUT2D eigenvalue weighted by atomic mass is 10.2. The van der Waals surface area contributed by atoms with E-state index in [1.165, 1.54) is 7.11 Å². The average molecular weight is 505 g/mol. The molecule has 36 heavy (non-hydrogen) atoms. The summed E-state index contributed by atoms with van der Waals surface area (Å²) in [6.07, 6.45) is 3.62. The molecule has 1 aromatic heterocycles. The first-order valence-corrected chi connectivity index (χ1v) is 12.8. The number of carbonyl (C=O) groups excluding carboxylic acids is 1. The molecule has 0 fully saturated rings. The highest BCUT2D eigenvalue weighted by Crippen LogP contribution is 2.26. The summed E-state index contributed by atoms with van der Waals surface area (Å²) in [6.45, 7) is 3.71.